The summed E-state index contributed by atoms with van der Waals surface area (Å²) in [6.07, 6.45) is 3.23. The van der Waals surface area contributed by atoms with Crippen molar-refractivity contribution < 1.29 is 9.53 Å². The van der Waals surface area contributed by atoms with Crippen molar-refractivity contribution in [2.45, 2.75) is 0 Å². The highest BCUT2D eigenvalue weighted by Crippen LogP contribution is 2.24. The van der Waals surface area contributed by atoms with Crippen molar-refractivity contribution in [3.63, 3.8) is 0 Å². The molecule has 0 saturated carbocycles. The SMILES string of the molecule is COC(=O)c1ncsc1-c1ncccn1. The molecule has 0 atom stereocenters. The number of rotatable bonds is 2. The van der Waals surface area contributed by atoms with Crippen LogP contribution in [-0.2, 0) is 4.74 Å². The number of thiazole rings is 1. The van der Waals surface area contributed by atoms with Crippen LogP contribution in [0.1, 0.15) is 10.5 Å². The summed E-state index contributed by atoms with van der Waals surface area (Å²) in [6.45, 7) is 0. The maximum absolute atomic E-state index is 11.3. The molecule has 15 heavy (non-hydrogen) atoms. The van der Waals surface area contributed by atoms with Gasteiger partial charge in [0.2, 0.25) is 0 Å². The summed E-state index contributed by atoms with van der Waals surface area (Å²) in [4.78, 5) is 24.0. The van der Waals surface area contributed by atoms with Crippen molar-refractivity contribution >= 4 is 17.3 Å². The van der Waals surface area contributed by atoms with Crippen molar-refractivity contribution in [2.75, 3.05) is 7.11 Å². The fourth-order valence-electron chi connectivity index (χ4n) is 1.06. The topological polar surface area (TPSA) is 65.0 Å². The smallest absolute Gasteiger partial charge is 0.358 e. The van der Waals surface area contributed by atoms with Gasteiger partial charge in [-0.3, -0.25) is 0 Å². The van der Waals surface area contributed by atoms with Gasteiger partial charge < -0.3 is 4.74 Å². The fraction of sp³-hybridized carbons (Fsp3) is 0.111. The zero-order chi connectivity index (χ0) is 10.7. The van der Waals surface area contributed by atoms with Gasteiger partial charge in [0, 0.05) is 12.4 Å². The minimum absolute atomic E-state index is 0.258. The average molecular weight is 221 g/mol. The van der Waals surface area contributed by atoms with E-state index in [0.29, 0.717) is 10.7 Å². The monoisotopic (exact) mass is 221 g/mol. The molecule has 0 fully saturated rings. The van der Waals surface area contributed by atoms with Crippen LogP contribution >= 0.6 is 11.3 Å². The van der Waals surface area contributed by atoms with Crippen LogP contribution in [-0.4, -0.2) is 28.0 Å². The number of hydrogen-bond donors (Lipinski definition) is 0. The third kappa shape index (κ3) is 1.84. The third-order valence-electron chi connectivity index (χ3n) is 1.72. The Bertz CT molecular complexity index is 469. The number of carbonyl (C=O) groups is 1. The molecule has 76 valence electrons. The van der Waals surface area contributed by atoms with Crippen LogP contribution in [0.15, 0.2) is 24.0 Å². The van der Waals surface area contributed by atoms with E-state index in [9.17, 15) is 4.79 Å². The standard InChI is InChI=1S/C9H7N3O2S/c1-14-9(13)6-7(15-5-12-6)8-10-3-2-4-11-8/h2-5H,1H3. The lowest BCUT2D eigenvalue weighted by Gasteiger charge is -1.98. The van der Waals surface area contributed by atoms with Crippen LogP contribution in [0.25, 0.3) is 10.7 Å². The van der Waals surface area contributed by atoms with E-state index in [0.717, 1.165) is 0 Å². The number of carbonyl (C=O) groups excluding carboxylic acids is 1. The van der Waals surface area contributed by atoms with E-state index in [1.54, 1.807) is 24.0 Å². The molecule has 0 aliphatic carbocycles. The molecule has 2 heterocycles. The van der Waals surface area contributed by atoms with Gasteiger partial charge in [-0.1, -0.05) is 0 Å². The molecule has 0 aliphatic heterocycles. The molecule has 0 spiro atoms. The Morgan fingerprint density at radius 1 is 1.33 bits per heavy atom. The molecule has 0 aliphatic rings. The summed E-state index contributed by atoms with van der Waals surface area (Å²) >= 11 is 1.31. The van der Waals surface area contributed by atoms with Crippen molar-refractivity contribution in [3.8, 4) is 10.7 Å². The predicted molar refractivity (Wildman–Crippen MR) is 54.5 cm³/mol. The van der Waals surface area contributed by atoms with E-state index in [4.69, 9.17) is 0 Å². The van der Waals surface area contributed by atoms with E-state index in [1.165, 1.54) is 18.4 Å². The van der Waals surface area contributed by atoms with Crippen LogP contribution in [0.3, 0.4) is 0 Å². The largest absolute Gasteiger partial charge is 0.464 e. The first-order chi connectivity index (χ1) is 7.33. The van der Waals surface area contributed by atoms with Crippen LogP contribution in [0.2, 0.25) is 0 Å². The molecular formula is C9H7N3O2S. The first-order valence-corrected chi connectivity index (χ1v) is 5.00. The van der Waals surface area contributed by atoms with Crippen molar-refractivity contribution in [3.05, 3.63) is 29.7 Å². The van der Waals surface area contributed by atoms with E-state index in [-0.39, 0.29) is 5.69 Å². The van der Waals surface area contributed by atoms with Gasteiger partial charge in [0.25, 0.3) is 0 Å². The van der Waals surface area contributed by atoms with E-state index in [2.05, 4.69) is 19.7 Å². The second-order valence-corrected chi connectivity index (χ2v) is 3.45. The quantitative estimate of drug-likeness (QED) is 0.717. The predicted octanol–water partition coefficient (Wildman–Crippen LogP) is 1.39. The van der Waals surface area contributed by atoms with Gasteiger partial charge in [0.05, 0.1) is 12.6 Å². The number of methoxy groups -OCH3 is 1. The Morgan fingerprint density at radius 3 is 2.73 bits per heavy atom. The van der Waals surface area contributed by atoms with Gasteiger partial charge in [-0.25, -0.2) is 19.7 Å². The zero-order valence-electron chi connectivity index (χ0n) is 7.88. The number of ether oxygens (including phenoxy) is 1. The van der Waals surface area contributed by atoms with Gasteiger partial charge in [0.15, 0.2) is 11.5 Å². The normalized spacial score (nSPS) is 9.93. The maximum Gasteiger partial charge on any atom is 0.358 e. The number of nitrogens with zero attached hydrogens (tertiary/aromatic N) is 3. The number of aromatic nitrogens is 3. The summed E-state index contributed by atoms with van der Waals surface area (Å²) in [5, 5.41) is 0. The van der Waals surface area contributed by atoms with Gasteiger partial charge in [-0.15, -0.1) is 11.3 Å². The molecule has 0 radical (unpaired) electrons. The minimum Gasteiger partial charge on any atom is -0.464 e. The van der Waals surface area contributed by atoms with Gasteiger partial charge in [-0.2, -0.15) is 0 Å². The lowest BCUT2D eigenvalue weighted by molar-refractivity contribution is 0.0596. The number of hydrogen-bond acceptors (Lipinski definition) is 6. The Kier molecular flexibility index (Phi) is 2.68. The van der Waals surface area contributed by atoms with Crippen molar-refractivity contribution in [1.82, 2.24) is 15.0 Å². The Morgan fingerprint density at radius 2 is 2.07 bits per heavy atom. The second-order valence-electron chi connectivity index (χ2n) is 2.59. The molecule has 2 aromatic heterocycles. The van der Waals surface area contributed by atoms with Crippen molar-refractivity contribution in [2.24, 2.45) is 0 Å². The molecule has 0 saturated heterocycles. The van der Waals surface area contributed by atoms with Crippen molar-refractivity contribution in [1.29, 1.82) is 0 Å². The minimum atomic E-state index is -0.473. The van der Waals surface area contributed by atoms with Crippen LogP contribution in [0.4, 0.5) is 0 Å². The average Bonchev–Trinajstić information content (AvgIpc) is 2.78. The lowest BCUT2D eigenvalue weighted by atomic mass is 10.3. The maximum atomic E-state index is 11.3. The summed E-state index contributed by atoms with van der Waals surface area (Å²) in [5.74, 6) is 0.0131. The van der Waals surface area contributed by atoms with E-state index in [1.807, 2.05) is 0 Å². The fourth-order valence-corrected chi connectivity index (χ4v) is 1.79. The molecule has 0 N–H and O–H groups in total. The molecule has 0 bridgehead atoms. The third-order valence-corrected chi connectivity index (χ3v) is 2.54. The first kappa shape index (κ1) is 9.72. The summed E-state index contributed by atoms with van der Waals surface area (Å²) in [5.41, 5.74) is 1.83. The Hall–Kier alpha value is -1.82. The Balaban J connectivity index is 2.46. The highest BCUT2D eigenvalue weighted by atomic mass is 32.1. The highest BCUT2D eigenvalue weighted by molar-refractivity contribution is 7.13. The molecular weight excluding hydrogens is 214 g/mol. The molecule has 2 aromatic rings. The van der Waals surface area contributed by atoms with Gasteiger partial charge in [0.1, 0.15) is 4.88 Å². The molecule has 0 amide bonds. The summed E-state index contributed by atoms with van der Waals surface area (Å²) in [7, 11) is 1.32. The summed E-state index contributed by atoms with van der Waals surface area (Å²) in [6, 6.07) is 1.71. The number of esters is 1. The molecule has 0 aromatic carbocycles. The van der Waals surface area contributed by atoms with Gasteiger partial charge in [-0.05, 0) is 6.07 Å². The first-order valence-electron chi connectivity index (χ1n) is 4.12. The van der Waals surface area contributed by atoms with Gasteiger partial charge >= 0.3 is 5.97 Å². The highest BCUT2D eigenvalue weighted by Gasteiger charge is 2.18. The van der Waals surface area contributed by atoms with E-state index >= 15 is 0 Å². The Labute approximate surface area is 89.8 Å². The molecule has 5 nitrogen and oxygen atoms in total. The second kappa shape index (κ2) is 4.14. The zero-order valence-corrected chi connectivity index (χ0v) is 8.69. The molecule has 0 unspecified atom stereocenters. The van der Waals surface area contributed by atoms with E-state index < -0.39 is 5.97 Å². The lowest BCUT2D eigenvalue weighted by Crippen LogP contribution is -2.03. The molecule has 2 rings (SSSR count). The molecule has 6 heteroatoms. The van der Waals surface area contributed by atoms with Crippen LogP contribution in [0.5, 0.6) is 0 Å². The van der Waals surface area contributed by atoms with Crippen LogP contribution < -0.4 is 0 Å². The van der Waals surface area contributed by atoms with Crippen LogP contribution in [0, 0.1) is 0 Å². The summed E-state index contributed by atoms with van der Waals surface area (Å²) < 4.78 is 4.61.